The van der Waals surface area contributed by atoms with Gasteiger partial charge in [-0.3, -0.25) is 0 Å². The molecule has 0 saturated carbocycles. The molecule has 1 atom stereocenters. The number of benzene rings is 7. The first kappa shape index (κ1) is 29.3. The van der Waals surface area contributed by atoms with E-state index in [0.29, 0.717) is 0 Å². The van der Waals surface area contributed by atoms with Gasteiger partial charge in [0.15, 0.2) is 0 Å². The lowest BCUT2D eigenvalue weighted by Crippen LogP contribution is -2.04. The van der Waals surface area contributed by atoms with Gasteiger partial charge in [-0.15, -0.1) is 0 Å². The largest absolute Gasteiger partial charge is 0.0766 e. The molecule has 0 radical (unpaired) electrons. The molecular formula is C46H38. The molecule has 0 N–H and O–H groups in total. The Morgan fingerprint density at radius 2 is 0.783 bits per heavy atom. The lowest BCUT2D eigenvalue weighted by molar-refractivity contribution is 0.884. The monoisotopic (exact) mass is 590 g/mol. The maximum Gasteiger partial charge on any atom is 0.00740 e. The summed E-state index contributed by atoms with van der Waals surface area (Å²) in [7, 11) is 0. The molecular weight excluding hydrogens is 553 g/mol. The summed E-state index contributed by atoms with van der Waals surface area (Å²) >= 11 is 0. The van der Waals surface area contributed by atoms with Crippen LogP contribution in [0.25, 0.3) is 60.5 Å². The Bertz CT molecular complexity index is 2090. The SMILES string of the molecule is C1=CC(c2c3ccccc3c(-c3ccc(-c4ccccc4)cc3)c3ccccc23)CC(c2ccc(-c3ccccc3)cc2)=C1.CC. The van der Waals surface area contributed by atoms with E-state index in [2.05, 4.69) is 176 Å². The van der Waals surface area contributed by atoms with Crippen molar-refractivity contribution in [1.82, 2.24) is 0 Å². The van der Waals surface area contributed by atoms with Gasteiger partial charge in [0, 0.05) is 5.92 Å². The highest BCUT2D eigenvalue weighted by Gasteiger charge is 2.22. The van der Waals surface area contributed by atoms with E-state index in [4.69, 9.17) is 0 Å². The van der Waals surface area contributed by atoms with Crippen LogP contribution in [0, 0.1) is 0 Å². The van der Waals surface area contributed by atoms with E-state index in [1.54, 1.807) is 0 Å². The second-order valence-corrected chi connectivity index (χ2v) is 11.7. The van der Waals surface area contributed by atoms with E-state index in [9.17, 15) is 0 Å². The summed E-state index contributed by atoms with van der Waals surface area (Å²) in [5, 5.41) is 5.29. The molecule has 0 saturated heterocycles. The molecule has 7 aromatic carbocycles. The molecule has 0 aliphatic heterocycles. The van der Waals surface area contributed by atoms with Gasteiger partial charge < -0.3 is 0 Å². The summed E-state index contributed by atoms with van der Waals surface area (Å²) in [5.41, 5.74) is 11.6. The average molecular weight is 591 g/mol. The van der Waals surface area contributed by atoms with E-state index in [1.165, 1.54) is 71.6 Å². The van der Waals surface area contributed by atoms with Crippen LogP contribution in [-0.4, -0.2) is 0 Å². The van der Waals surface area contributed by atoms with E-state index in [1.807, 2.05) is 13.8 Å². The molecule has 8 rings (SSSR count). The van der Waals surface area contributed by atoms with Crippen LogP contribution < -0.4 is 0 Å². The van der Waals surface area contributed by atoms with Crippen molar-refractivity contribution in [1.29, 1.82) is 0 Å². The van der Waals surface area contributed by atoms with Crippen molar-refractivity contribution in [2.24, 2.45) is 0 Å². The average Bonchev–Trinajstić information content (AvgIpc) is 3.15. The van der Waals surface area contributed by atoms with Gasteiger partial charge in [-0.25, -0.2) is 0 Å². The maximum atomic E-state index is 2.39. The van der Waals surface area contributed by atoms with Crippen molar-refractivity contribution in [3.63, 3.8) is 0 Å². The smallest absolute Gasteiger partial charge is 0.00740 e. The van der Waals surface area contributed by atoms with Crippen LogP contribution in [0.1, 0.15) is 37.3 Å². The molecule has 0 nitrogen and oxygen atoms in total. The van der Waals surface area contributed by atoms with Gasteiger partial charge in [0.05, 0.1) is 0 Å². The van der Waals surface area contributed by atoms with Crippen molar-refractivity contribution in [3.05, 3.63) is 187 Å². The van der Waals surface area contributed by atoms with Crippen molar-refractivity contribution < 1.29 is 0 Å². The molecule has 0 heterocycles. The van der Waals surface area contributed by atoms with Gasteiger partial charge in [0.25, 0.3) is 0 Å². The van der Waals surface area contributed by atoms with Crippen LogP contribution in [-0.2, 0) is 0 Å². The number of rotatable bonds is 5. The fraction of sp³-hybridized carbons (Fsp3) is 0.0870. The normalized spacial score (nSPS) is 14.0. The summed E-state index contributed by atoms with van der Waals surface area (Å²) in [6.07, 6.45) is 7.92. The highest BCUT2D eigenvalue weighted by atomic mass is 14.3. The highest BCUT2D eigenvalue weighted by Crippen LogP contribution is 2.45. The Morgan fingerprint density at radius 3 is 1.28 bits per heavy atom. The van der Waals surface area contributed by atoms with Gasteiger partial charge >= 0.3 is 0 Å². The second-order valence-electron chi connectivity index (χ2n) is 11.7. The molecule has 0 fully saturated rings. The highest BCUT2D eigenvalue weighted by molar-refractivity contribution is 6.15. The molecule has 0 spiro atoms. The summed E-state index contributed by atoms with van der Waals surface area (Å²) in [4.78, 5) is 0. The zero-order valence-electron chi connectivity index (χ0n) is 26.5. The zero-order valence-corrected chi connectivity index (χ0v) is 26.5. The van der Waals surface area contributed by atoms with E-state index < -0.39 is 0 Å². The minimum Gasteiger partial charge on any atom is -0.0766 e. The first-order chi connectivity index (χ1) is 22.8. The first-order valence-electron chi connectivity index (χ1n) is 16.5. The predicted octanol–water partition coefficient (Wildman–Crippen LogP) is 13.1. The van der Waals surface area contributed by atoms with Gasteiger partial charge in [-0.2, -0.15) is 0 Å². The lowest BCUT2D eigenvalue weighted by Gasteiger charge is -2.25. The molecule has 0 bridgehead atoms. The topological polar surface area (TPSA) is 0 Å². The quantitative estimate of drug-likeness (QED) is 0.175. The first-order valence-corrected chi connectivity index (χ1v) is 16.5. The Labute approximate surface area is 273 Å². The fourth-order valence-corrected chi connectivity index (χ4v) is 6.93. The number of hydrogen-bond acceptors (Lipinski definition) is 0. The standard InChI is InChI=1S/C44H32.C2H6/c1-3-12-31(13-4-1)33-22-24-35(25-23-33)37-16-11-17-38(30-37)44-41-20-9-7-18-39(41)43(40-19-8-10-21-42(40)44)36-28-26-34(27-29-36)32-14-5-2-6-15-32;1-2/h1-29,38H,30H2;1-2H3. The maximum absolute atomic E-state index is 2.39. The molecule has 0 amide bonds. The third kappa shape index (κ3) is 5.59. The molecule has 222 valence electrons. The van der Waals surface area contributed by atoms with Crippen molar-refractivity contribution >= 4 is 27.1 Å². The van der Waals surface area contributed by atoms with Crippen LogP contribution in [0.2, 0.25) is 0 Å². The van der Waals surface area contributed by atoms with Crippen LogP contribution in [0.3, 0.4) is 0 Å². The summed E-state index contributed by atoms with van der Waals surface area (Å²) < 4.78 is 0. The van der Waals surface area contributed by atoms with E-state index >= 15 is 0 Å². The van der Waals surface area contributed by atoms with Crippen LogP contribution >= 0.6 is 0 Å². The molecule has 46 heavy (non-hydrogen) atoms. The van der Waals surface area contributed by atoms with Crippen LogP contribution in [0.5, 0.6) is 0 Å². The van der Waals surface area contributed by atoms with Crippen molar-refractivity contribution in [3.8, 4) is 33.4 Å². The van der Waals surface area contributed by atoms with Gasteiger partial charge in [-0.1, -0.05) is 190 Å². The van der Waals surface area contributed by atoms with Crippen molar-refractivity contribution in [2.45, 2.75) is 26.2 Å². The predicted molar refractivity (Wildman–Crippen MR) is 200 cm³/mol. The Kier molecular flexibility index (Phi) is 8.44. The molecule has 0 heteroatoms. The summed E-state index contributed by atoms with van der Waals surface area (Å²) in [5.74, 6) is 0.285. The minimum atomic E-state index is 0.285. The van der Waals surface area contributed by atoms with Crippen LogP contribution in [0.4, 0.5) is 0 Å². The Morgan fingerprint density at radius 1 is 0.391 bits per heavy atom. The molecule has 1 unspecified atom stereocenters. The van der Waals surface area contributed by atoms with Crippen LogP contribution in [0.15, 0.2) is 176 Å². The minimum absolute atomic E-state index is 0.285. The Balaban J connectivity index is 0.00000166. The third-order valence-corrected chi connectivity index (χ3v) is 9.07. The molecule has 0 aromatic heterocycles. The van der Waals surface area contributed by atoms with Gasteiger partial charge in [0.2, 0.25) is 0 Å². The lowest BCUT2D eigenvalue weighted by atomic mass is 9.79. The van der Waals surface area contributed by atoms with Gasteiger partial charge in [0.1, 0.15) is 0 Å². The number of hydrogen-bond donors (Lipinski definition) is 0. The number of fused-ring (bicyclic) bond motifs is 2. The summed E-state index contributed by atoms with van der Waals surface area (Å²) in [6.45, 7) is 4.00. The molecule has 7 aromatic rings. The zero-order chi connectivity index (χ0) is 31.3. The molecule has 1 aliphatic rings. The fourth-order valence-electron chi connectivity index (χ4n) is 6.93. The van der Waals surface area contributed by atoms with Crippen molar-refractivity contribution in [2.75, 3.05) is 0 Å². The second kappa shape index (κ2) is 13.3. The number of allylic oxidation sites excluding steroid dienone is 4. The third-order valence-electron chi connectivity index (χ3n) is 9.07. The van der Waals surface area contributed by atoms with E-state index in [-0.39, 0.29) is 5.92 Å². The van der Waals surface area contributed by atoms with E-state index in [0.717, 1.165) is 6.42 Å². The molecule has 1 aliphatic carbocycles. The Hall–Kier alpha value is -5.46. The van der Waals surface area contributed by atoms with Gasteiger partial charge in [-0.05, 0) is 78.0 Å². The summed E-state index contributed by atoms with van der Waals surface area (Å²) in [6, 6.07) is 57.4.